The lowest BCUT2D eigenvalue weighted by Crippen LogP contribution is -2.41. The van der Waals surface area contributed by atoms with Crippen molar-refractivity contribution in [3.63, 3.8) is 0 Å². The zero-order chi connectivity index (χ0) is 14.8. The Balaban J connectivity index is 1.72. The molecule has 2 aromatic rings. The monoisotopic (exact) mass is 344 g/mol. The van der Waals surface area contributed by atoms with Gasteiger partial charge < -0.3 is 10.2 Å². The number of hydrogen-bond donors (Lipinski definition) is 1. The van der Waals surface area contributed by atoms with Crippen molar-refractivity contribution in [1.82, 2.24) is 0 Å². The number of benzene rings is 2. The number of fused-ring (bicyclic) bond motifs is 1. The molecule has 0 bridgehead atoms. The highest BCUT2D eigenvalue weighted by atomic mass is 79.9. The number of hydrogen-bond acceptors (Lipinski definition) is 2. The third-order valence-electron chi connectivity index (χ3n) is 3.88. The molecule has 108 valence electrons. The molecule has 21 heavy (non-hydrogen) atoms. The molecule has 1 aliphatic heterocycles. The highest BCUT2D eigenvalue weighted by Crippen LogP contribution is 2.29. The van der Waals surface area contributed by atoms with Crippen LogP contribution in [0.2, 0.25) is 0 Å². The van der Waals surface area contributed by atoms with Crippen LogP contribution < -0.4 is 10.2 Å². The number of carbonyl (C=O) groups excluding carboxylic acids is 1. The smallest absolute Gasteiger partial charge is 0.246 e. The zero-order valence-electron chi connectivity index (χ0n) is 11.8. The van der Waals surface area contributed by atoms with E-state index < -0.39 is 0 Å². The summed E-state index contributed by atoms with van der Waals surface area (Å²) in [5.41, 5.74) is 3.32. The van der Waals surface area contributed by atoms with Crippen molar-refractivity contribution in [3.8, 4) is 0 Å². The van der Waals surface area contributed by atoms with Crippen molar-refractivity contribution in [2.24, 2.45) is 0 Å². The van der Waals surface area contributed by atoms with E-state index in [1.807, 2.05) is 37.3 Å². The minimum atomic E-state index is -0.183. The Hall–Kier alpha value is -1.81. The van der Waals surface area contributed by atoms with Crippen molar-refractivity contribution in [1.29, 1.82) is 0 Å². The van der Waals surface area contributed by atoms with Crippen LogP contribution in [0.5, 0.6) is 0 Å². The van der Waals surface area contributed by atoms with E-state index >= 15 is 0 Å². The van der Waals surface area contributed by atoms with E-state index in [1.165, 1.54) is 11.3 Å². The molecule has 4 heteroatoms. The van der Waals surface area contributed by atoms with Crippen LogP contribution in [0.4, 0.5) is 11.4 Å². The normalized spacial score (nSPS) is 14.7. The maximum atomic E-state index is 12.4. The first-order valence-corrected chi connectivity index (χ1v) is 7.85. The molecule has 0 fully saturated rings. The molecule has 0 radical (unpaired) electrons. The molecule has 0 aliphatic carbocycles. The average molecular weight is 345 g/mol. The molecule has 2 aromatic carbocycles. The van der Waals surface area contributed by atoms with E-state index in [1.54, 1.807) is 0 Å². The molecule has 1 atom stereocenters. The fourth-order valence-corrected chi connectivity index (χ4v) is 2.95. The molecular formula is C17H17BrN2O. The van der Waals surface area contributed by atoms with E-state index in [0.717, 1.165) is 23.1 Å². The third-order valence-corrected chi connectivity index (χ3v) is 4.41. The highest BCUT2D eigenvalue weighted by molar-refractivity contribution is 9.10. The predicted octanol–water partition coefficient (Wildman–Crippen LogP) is 3.84. The predicted molar refractivity (Wildman–Crippen MR) is 89.7 cm³/mol. The van der Waals surface area contributed by atoms with Crippen molar-refractivity contribution >= 4 is 33.2 Å². The Kier molecular flexibility index (Phi) is 3.97. The summed E-state index contributed by atoms with van der Waals surface area (Å²) in [5, 5.41) is 2.98. The average Bonchev–Trinajstić information content (AvgIpc) is 2.92. The van der Waals surface area contributed by atoms with Crippen molar-refractivity contribution in [2.75, 3.05) is 16.8 Å². The van der Waals surface area contributed by atoms with Crippen LogP contribution in [-0.2, 0) is 11.2 Å². The summed E-state index contributed by atoms with van der Waals surface area (Å²) in [6.45, 7) is 2.85. The number of amides is 1. The van der Waals surface area contributed by atoms with Gasteiger partial charge >= 0.3 is 0 Å². The topological polar surface area (TPSA) is 32.3 Å². The molecule has 1 N–H and O–H groups in total. The molecule has 1 aliphatic rings. The largest absolute Gasteiger partial charge is 0.359 e. The zero-order valence-corrected chi connectivity index (χ0v) is 13.4. The van der Waals surface area contributed by atoms with E-state index in [4.69, 9.17) is 0 Å². The number of carbonyl (C=O) groups is 1. The maximum Gasteiger partial charge on any atom is 0.246 e. The first kappa shape index (κ1) is 14.1. The van der Waals surface area contributed by atoms with Gasteiger partial charge in [-0.3, -0.25) is 4.79 Å². The van der Waals surface area contributed by atoms with Crippen molar-refractivity contribution in [3.05, 3.63) is 58.6 Å². The van der Waals surface area contributed by atoms with Crippen LogP contribution in [-0.4, -0.2) is 18.5 Å². The maximum absolute atomic E-state index is 12.4. The van der Waals surface area contributed by atoms with E-state index in [0.29, 0.717) is 0 Å². The first-order valence-electron chi connectivity index (χ1n) is 7.06. The second kappa shape index (κ2) is 5.90. The molecule has 0 saturated heterocycles. The lowest BCUT2D eigenvalue weighted by Gasteiger charge is -2.26. The summed E-state index contributed by atoms with van der Waals surface area (Å²) >= 11 is 3.39. The number of anilines is 2. The molecule has 0 saturated carbocycles. The van der Waals surface area contributed by atoms with E-state index in [2.05, 4.69) is 44.3 Å². The standard InChI is InChI=1S/C17H17BrN2O/c1-12(17(21)19-15-8-6-14(18)7-9-15)20-11-10-13-4-2-3-5-16(13)20/h2-9,12H,10-11H2,1H3,(H,19,21)/t12-/m1/s1. The number of nitrogens with zero attached hydrogens (tertiary/aromatic N) is 1. The highest BCUT2D eigenvalue weighted by Gasteiger charge is 2.27. The quantitative estimate of drug-likeness (QED) is 0.917. The second-order valence-electron chi connectivity index (χ2n) is 5.24. The van der Waals surface area contributed by atoms with Gasteiger partial charge in [-0.15, -0.1) is 0 Å². The van der Waals surface area contributed by atoms with Gasteiger partial charge in [0.1, 0.15) is 6.04 Å². The summed E-state index contributed by atoms with van der Waals surface area (Å²) in [7, 11) is 0. The van der Waals surface area contributed by atoms with E-state index in [9.17, 15) is 4.79 Å². The number of nitrogens with one attached hydrogen (secondary N) is 1. The Morgan fingerprint density at radius 3 is 2.67 bits per heavy atom. The fourth-order valence-electron chi connectivity index (χ4n) is 2.69. The lowest BCUT2D eigenvalue weighted by atomic mass is 10.1. The van der Waals surface area contributed by atoms with Gasteiger partial charge in [0.15, 0.2) is 0 Å². The van der Waals surface area contributed by atoms with Gasteiger partial charge in [0.25, 0.3) is 0 Å². The minimum absolute atomic E-state index is 0.0222. The molecule has 1 heterocycles. The van der Waals surface area contributed by atoms with Gasteiger partial charge in [0, 0.05) is 22.4 Å². The summed E-state index contributed by atoms with van der Waals surface area (Å²) in [5.74, 6) is 0.0222. The minimum Gasteiger partial charge on any atom is -0.359 e. The SMILES string of the molecule is C[C@H](C(=O)Nc1ccc(Br)cc1)N1CCc2ccccc21. The fraction of sp³-hybridized carbons (Fsp3) is 0.235. The van der Waals surface area contributed by atoms with Gasteiger partial charge in [-0.25, -0.2) is 0 Å². The Morgan fingerprint density at radius 1 is 1.19 bits per heavy atom. The second-order valence-corrected chi connectivity index (χ2v) is 6.16. The molecule has 3 rings (SSSR count). The summed E-state index contributed by atoms with van der Waals surface area (Å²) in [6, 6.07) is 15.7. The van der Waals surface area contributed by atoms with Gasteiger partial charge in [0.2, 0.25) is 5.91 Å². The van der Waals surface area contributed by atoms with Crippen LogP contribution in [0.15, 0.2) is 53.0 Å². The van der Waals surface area contributed by atoms with Gasteiger partial charge in [0.05, 0.1) is 0 Å². The Bertz CT molecular complexity index is 654. The van der Waals surface area contributed by atoms with Crippen LogP contribution in [0.25, 0.3) is 0 Å². The van der Waals surface area contributed by atoms with Gasteiger partial charge in [-0.2, -0.15) is 0 Å². The summed E-state index contributed by atoms with van der Waals surface area (Å²) in [6.07, 6.45) is 1.01. The number of halogens is 1. The Labute approximate surface area is 133 Å². The van der Waals surface area contributed by atoms with Crippen LogP contribution in [0.3, 0.4) is 0 Å². The molecule has 0 unspecified atom stereocenters. The summed E-state index contributed by atoms with van der Waals surface area (Å²) in [4.78, 5) is 14.6. The molecule has 1 amide bonds. The van der Waals surface area contributed by atoms with Crippen LogP contribution in [0.1, 0.15) is 12.5 Å². The number of rotatable bonds is 3. The van der Waals surface area contributed by atoms with Crippen LogP contribution in [0, 0.1) is 0 Å². The van der Waals surface area contributed by atoms with Gasteiger partial charge in [-0.05, 0) is 49.2 Å². The van der Waals surface area contributed by atoms with E-state index in [-0.39, 0.29) is 11.9 Å². The Morgan fingerprint density at radius 2 is 1.90 bits per heavy atom. The molecule has 0 aromatic heterocycles. The first-order chi connectivity index (χ1) is 10.1. The van der Waals surface area contributed by atoms with Crippen molar-refractivity contribution in [2.45, 2.75) is 19.4 Å². The molecule has 0 spiro atoms. The van der Waals surface area contributed by atoms with Crippen molar-refractivity contribution < 1.29 is 4.79 Å². The lowest BCUT2D eigenvalue weighted by molar-refractivity contribution is -0.117. The third kappa shape index (κ3) is 2.95. The number of para-hydroxylation sites is 1. The molecular weight excluding hydrogens is 328 g/mol. The van der Waals surface area contributed by atoms with Crippen LogP contribution >= 0.6 is 15.9 Å². The van der Waals surface area contributed by atoms with Gasteiger partial charge in [-0.1, -0.05) is 34.1 Å². The summed E-state index contributed by atoms with van der Waals surface area (Å²) < 4.78 is 1.00. The molecule has 3 nitrogen and oxygen atoms in total.